The molecule has 1 saturated heterocycles. The van der Waals surface area contributed by atoms with Gasteiger partial charge in [-0.2, -0.15) is 0 Å². The molecule has 2 aromatic carbocycles. The zero-order valence-corrected chi connectivity index (χ0v) is 12.4. The van der Waals surface area contributed by atoms with Crippen LogP contribution in [-0.2, 0) is 0 Å². The van der Waals surface area contributed by atoms with Gasteiger partial charge >= 0.3 is 0 Å². The largest absolute Gasteiger partial charge is 0.490 e. The summed E-state index contributed by atoms with van der Waals surface area (Å²) >= 11 is 0. The Labute approximate surface area is 130 Å². The van der Waals surface area contributed by atoms with Gasteiger partial charge in [0.1, 0.15) is 11.9 Å². The predicted molar refractivity (Wildman–Crippen MR) is 86.9 cm³/mol. The number of amides is 1. The van der Waals surface area contributed by atoms with Gasteiger partial charge in [0.05, 0.1) is 0 Å². The first-order chi connectivity index (χ1) is 10.7. The Bertz CT molecular complexity index is 649. The Morgan fingerprint density at radius 2 is 1.82 bits per heavy atom. The average molecular weight is 296 g/mol. The van der Waals surface area contributed by atoms with Gasteiger partial charge in [0, 0.05) is 11.1 Å². The van der Waals surface area contributed by atoms with Crippen molar-refractivity contribution < 1.29 is 9.53 Å². The highest BCUT2D eigenvalue weighted by Gasteiger charge is 2.17. The summed E-state index contributed by atoms with van der Waals surface area (Å²) < 4.78 is 6.18. The van der Waals surface area contributed by atoms with Gasteiger partial charge in [0.2, 0.25) is 5.91 Å². The molecule has 0 aliphatic carbocycles. The molecule has 1 heterocycles. The zero-order valence-electron chi connectivity index (χ0n) is 12.4. The molecule has 0 unspecified atom stereocenters. The lowest BCUT2D eigenvalue weighted by Gasteiger charge is -2.25. The van der Waals surface area contributed by atoms with E-state index in [2.05, 4.69) is 5.32 Å². The first-order valence-electron chi connectivity index (χ1n) is 7.60. The number of ether oxygens (including phenoxy) is 1. The second kappa shape index (κ2) is 6.62. The Balaban J connectivity index is 1.95. The van der Waals surface area contributed by atoms with Gasteiger partial charge in [-0.3, -0.25) is 4.79 Å². The smallest absolute Gasteiger partial charge is 0.248 e. The van der Waals surface area contributed by atoms with Crippen molar-refractivity contribution in [1.82, 2.24) is 5.32 Å². The monoisotopic (exact) mass is 296 g/mol. The van der Waals surface area contributed by atoms with Crippen LogP contribution in [0.2, 0.25) is 0 Å². The van der Waals surface area contributed by atoms with Crippen molar-refractivity contribution in [2.24, 2.45) is 5.73 Å². The summed E-state index contributed by atoms with van der Waals surface area (Å²) in [5, 5.41) is 3.32. The van der Waals surface area contributed by atoms with Crippen LogP contribution >= 0.6 is 0 Å². The lowest BCUT2D eigenvalue weighted by Crippen LogP contribution is -2.34. The number of carbonyl (C=O) groups is 1. The van der Waals surface area contributed by atoms with Crippen LogP contribution in [-0.4, -0.2) is 25.1 Å². The molecule has 0 saturated carbocycles. The van der Waals surface area contributed by atoms with Crippen LogP contribution in [0.3, 0.4) is 0 Å². The summed E-state index contributed by atoms with van der Waals surface area (Å²) in [6.45, 7) is 1.92. The number of nitrogens with two attached hydrogens (primary N) is 1. The Hall–Kier alpha value is -2.33. The van der Waals surface area contributed by atoms with Crippen LogP contribution in [0.4, 0.5) is 0 Å². The minimum atomic E-state index is -0.435. The Morgan fingerprint density at radius 1 is 1.09 bits per heavy atom. The van der Waals surface area contributed by atoms with E-state index in [9.17, 15) is 4.79 Å². The summed E-state index contributed by atoms with van der Waals surface area (Å²) in [6.07, 6.45) is 2.11. The van der Waals surface area contributed by atoms with Gasteiger partial charge in [-0.25, -0.2) is 0 Å². The standard InChI is InChI=1S/C18H20N2O2/c19-18(21)14-6-7-16(13-4-2-1-3-5-13)17(12-14)22-15-8-10-20-11-9-15/h1-7,12,15,20H,8-11H2,(H2,19,21). The molecule has 1 amide bonds. The van der Waals surface area contributed by atoms with Crippen molar-refractivity contribution in [3.63, 3.8) is 0 Å². The third-order valence-electron chi connectivity index (χ3n) is 3.93. The van der Waals surface area contributed by atoms with Gasteiger partial charge in [-0.15, -0.1) is 0 Å². The van der Waals surface area contributed by atoms with E-state index in [0.29, 0.717) is 5.56 Å². The molecule has 22 heavy (non-hydrogen) atoms. The molecule has 3 rings (SSSR count). The fourth-order valence-electron chi connectivity index (χ4n) is 2.72. The number of primary amides is 1. The second-order valence-electron chi connectivity index (χ2n) is 5.51. The fraction of sp³-hybridized carbons (Fsp3) is 0.278. The average Bonchev–Trinajstić information content (AvgIpc) is 2.56. The highest BCUT2D eigenvalue weighted by atomic mass is 16.5. The molecule has 0 radical (unpaired) electrons. The molecule has 1 fully saturated rings. The minimum Gasteiger partial charge on any atom is -0.490 e. The van der Waals surface area contributed by atoms with Crippen LogP contribution in [0.25, 0.3) is 11.1 Å². The molecular weight excluding hydrogens is 276 g/mol. The molecule has 0 bridgehead atoms. The molecule has 0 spiro atoms. The highest BCUT2D eigenvalue weighted by Crippen LogP contribution is 2.32. The minimum absolute atomic E-state index is 0.173. The first kappa shape index (κ1) is 14.6. The normalized spacial score (nSPS) is 15.5. The lowest BCUT2D eigenvalue weighted by atomic mass is 10.0. The number of hydrogen-bond donors (Lipinski definition) is 2. The van der Waals surface area contributed by atoms with Gasteiger partial charge in [0.15, 0.2) is 0 Å². The third kappa shape index (κ3) is 3.28. The zero-order chi connectivity index (χ0) is 15.4. The van der Waals surface area contributed by atoms with E-state index in [1.165, 1.54) is 0 Å². The van der Waals surface area contributed by atoms with Crippen LogP contribution < -0.4 is 15.8 Å². The topological polar surface area (TPSA) is 64.4 Å². The van der Waals surface area contributed by atoms with Crippen LogP contribution in [0.1, 0.15) is 23.2 Å². The summed E-state index contributed by atoms with van der Waals surface area (Å²) in [6, 6.07) is 15.5. The summed E-state index contributed by atoms with van der Waals surface area (Å²) in [4.78, 5) is 11.4. The number of benzene rings is 2. The number of rotatable bonds is 4. The van der Waals surface area contributed by atoms with Gasteiger partial charge in [-0.1, -0.05) is 30.3 Å². The Morgan fingerprint density at radius 3 is 2.50 bits per heavy atom. The second-order valence-corrected chi connectivity index (χ2v) is 5.51. The van der Waals surface area contributed by atoms with E-state index in [1.807, 2.05) is 36.4 Å². The SMILES string of the molecule is NC(=O)c1ccc(-c2ccccc2)c(OC2CCNCC2)c1. The first-order valence-corrected chi connectivity index (χ1v) is 7.60. The van der Waals surface area contributed by atoms with E-state index in [1.54, 1.807) is 12.1 Å². The van der Waals surface area contributed by atoms with Gasteiger partial charge in [0.25, 0.3) is 0 Å². The molecule has 114 valence electrons. The number of piperidine rings is 1. The molecule has 2 aromatic rings. The molecule has 1 aliphatic heterocycles. The Kier molecular flexibility index (Phi) is 4.39. The molecular formula is C18H20N2O2. The molecule has 1 aliphatic rings. The summed E-state index contributed by atoms with van der Waals surface area (Å²) in [7, 11) is 0. The number of carbonyl (C=O) groups excluding carboxylic acids is 1. The van der Waals surface area contributed by atoms with Gasteiger partial charge < -0.3 is 15.8 Å². The van der Waals surface area contributed by atoms with Crippen LogP contribution in [0.15, 0.2) is 48.5 Å². The van der Waals surface area contributed by atoms with E-state index >= 15 is 0 Å². The predicted octanol–water partition coefficient (Wildman–Crippen LogP) is 2.58. The van der Waals surface area contributed by atoms with E-state index in [-0.39, 0.29) is 6.10 Å². The highest BCUT2D eigenvalue weighted by molar-refractivity contribution is 5.94. The quantitative estimate of drug-likeness (QED) is 0.911. The van der Waals surface area contributed by atoms with E-state index in [0.717, 1.165) is 42.8 Å². The van der Waals surface area contributed by atoms with E-state index < -0.39 is 5.91 Å². The molecule has 3 N–H and O–H groups in total. The lowest BCUT2D eigenvalue weighted by molar-refractivity contribution is 0.0999. The maximum absolute atomic E-state index is 11.4. The van der Waals surface area contributed by atoms with Crippen LogP contribution in [0, 0.1) is 0 Å². The van der Waals surface area contributed by atoms with Crippen molar-refractivity contribution in [3.8, 4) is 16.9 Å². The summed E-state index contributed by atoms with van der Waals surface area (Å²) in [5.41, 5.74) is 7.94. The van der Waals surface area contributed by atoms with Crippen molar-refractivity contribution >= 4 is 5.91 Å². The maximum Gasteiger partial charge on any atom is 0.248 e. The molecule has 0 aromatic heterocycles. The third-order valence-corrected chi connectivity index (χ3v) is 3.93. The van der Waals surface area contributed by atoms with Crippen molar-refractivity contribution in [1.29, 1.82) is 0 Å². The van der Waals surface area contributed by atoms with Gasteiger partial charge in [-0.05, 0) is 49.7 Å². The molecule has 4 nitrogen and oxygen atoms in total. The van der Waals surface area contributed by atoms with Crippen molar-refractivity contribution in [2.45, 2.75) is 18.9 Å². The summed E-state index contributed by atoms with van der Waals surface area (Å²) in [5.74, 6) is 0.296. The van der Waals surface area contributed by atoms with Crippen molar-refractivity contribution in [3.05, 3.63) is 54.1 Å². The fourth-order valence-corrected chi connectivity index (χ4v) is 2.72. The number of nitrogens with one attached hydrogen (secondary N) is 1. The molecule has 4 heteroatoms. The molecule has 0 atom stereocenters. The maximum atomic E-state index is 11.4. The number of hydrogen-bond acceptors (Lipinski definition) is 3. The van der Waals surface area contributed by atoms with Crippen LogP contribution in [0.5, 0.6) is 5.75 Å². The van der Waals surface area contributed by atoms with E-state index in [4.69, 9.17) is 10.5 Å². The van der Waals surface area contributed by atoms with Crippen molar-refractivity contribution in [2.75, 3.05) is 13.1 Å².